The normalized spacial score (nSPS) is 10.5. The standard InChI is InChI=1S/C11H10Cl2N4O2/c1-16-3-2-14-11(16)6-15-9-4-7(12)8(13)5-10(9)17(18)19/h2-5,15H,6H2,1H3. The Labute approximate surface area is 119 Å². The third-order valence-corrected chi connectivity index (χ3v) is 3.32. The minimum Gasteiger partial charge on any atom is -0.372 e. The first-order valence-corrected chi connectivity index (χ1v) is 6.08. The van der Waals surface area contributed by atoms with Gasteiger partial charge in [0.2, 0.25) is 0 Å². The maximum absolute atomic E-state index is 11.0. The van der Waals surface area contributed by atoms with Crippen molar-refractivity contribution >= 4 is 34.6 Å². The minimum atomic E-state index is -0.511. The summed E-state index contributed by atoms with van der Waals surface area (Å²) in [5.74, 6) is 0.750. The van der Waals surface area contributed by atoms with Gasteiger partial charge in [-0.15, -0.1) is 0 Å². The summed E-state index contributed by atoms with van der Waals surface area (Å²) in [5.41, 5.74) is 0.186. The molecule has 6 nitrogen and oxygen atoms in total. The predicted octanol–water partition coefficient (Wildman–Crippen LogP) is 3.25. The Hall–Kier alpha value is -1.79. The molecule has 1 heterocycles. The number of hydrogen-bond acceptors (Lipinski definition) is 4. The SMILES string of the molecule is Cn1ccnc1CNc1cc(Cl)c(Cl)cc1[N+](=O)[O-]. The molecule has 0 spiro atoms. The van der Waals surface area contributed by atoms with E-state index in [0.717, 1.165) is 5.82 Å². The number of nitro groups is 1. The summed E-state index contributed by atoms with van der Waals surface area (Å²) in [6.07, 6.45) is 3.44. The highest BCUT2D eigenvalue weighted by Crippen LogP contribution is 2.34. The van der Waals surface area contributed by atoms with Crippen molar-refractivity contribution in [1.29, 1.82) is 0 Å². The van der Waals surface area contributed by atoms with Gasteiger partial charge in [-0.2, -0.15) is 0 Å². The molecule has 0 bridgehead atoms. The molecule has 0 unspecified atom stereocenters. The molecular weight excluding hydrogens is 291 g/mol. The van der Waals surface area contributed by atoms with Gasteiger partial charge in [0.15, 0.2) is 0 Å². The topological polar surface area (TPSA) is 73.0 Å². The zero-order chi connectivity index (χ0) is 14.0. The van der Waals surface area contributed by atoms with Gasteiger partial charge in [-0.3, -0.25) is 10.1 Å². The quantitative estimate of drug-likeness (QED) is 0.695. The molecule has 0 saturated carbocycles. The number of aromatic nitrogens is 2. The van der Waals surface area contributed by atoms with E-state index in [1.807, 2.05) is 11.6 Å². The smallest absolute Gasteiger partial charge is 0.293 e. The summed E-state index contributed by atoms with van der Waals surface area (Å²) in [4.78, 5) is 14.6. The van der Waals surface area contributed by atoms with Gasteiger partial charge in [0.1, 0.15) is 11.5 Å². The monoisotopic (exact) mass is 300 g/mol. The third-order valence-electron chi connectivity index (χ3n) is 2.59. The summed E-state index contributed by atoms with van der Waals surface area (Å²) in [7, 11) is 1.84. The molecule has 0 fully saturated rings. The number of rotatable bonds is 4. The molecular formula is C11H10Cl2N4O2. The number of benzene rings is 1. The van der Waals surface area contributed by atoms with Gasteiger partial charge >= 0.3 is 0 Å². The van der Waals surface area contributed by atoms with Gasteiger partial charge < -0.3 is 9.88 Å². The van der Waals surface area contributed by atoms with E-state index in [0.29, 0.717) is 12.2 Å². The van der Waals surface area contributed by atoms with Gasteiger partial charge in [0, 0.05) is 25.5 Å². The number of nitrogens with one attached hydrogen (secondary N) is 1. The lowest BCUT2D eigenvalue weighted by atomic mass is 10.2. The highest BCUT2D eigenvalue weighted by molar-refractivity contribution is 6.42. The number of anilines is 1. The molecule has 1 aromatic carbocycles. The largest absolute Gasteiger partial charge is 0.372 e. The molecule has 0 radical (unpaired) electrons. The van der Waals surface area contributed by atoms with Crippen LogP contribution in [0.1, 0.15) is 5.82 Å². The van der Waals surface area contributed by atoms with Crippen molar-refractivity contribution in [2.24, 2.45) is 7.05 Å². The molecule has 1 N–H and O–H groups in total. The summed E-state index contributed by atoms with van der Waals surface area (Å²) < 4.78 is 1.82. The molecule has 0 amide bonds. The second-order valence-electron chi connectivity index (χ2n) is 3.85. The fourth-order valence-electron chi connectivity index (χ4n) is 1.57. The van der Waals surface area contributed by atoms with Crippen molar-refractivity contribution in [3.8, 4) is 0 Å². The molecule has 0 aliphatic rings. The van der Waals surface area contributed by atoms with Crippen molar-refractivity contribution in [2.45, 2.75) is 6.54 Å². The number of hydrogen-bond donors (Lipinski definition) is 1. The fourth-order valence-corrected chi connectivity index (χ4v) is 1.89. The van der Waals surface area contributed by atoms with Crippen molar-refractivity contribution in [2.75, 3.05) is 5.32 Å². The Morgan fingerprint density at radius 3 is 2.68 bits per heavy atom. The Kier molecular flexibility index (Phi) is 3.92. The number of imidazole rings is 1. The molecule has 2 rings (SSSR count). The number of halogens is 2. The van der Waals surface area contributed by atoms with Crippen molar-refractivity contribution in [1.82, 2.24) is 9.55 Å². The van der Waals surface area contributed by atoms with Crippen LogP contribution in [0, 0.1) is 10.1 Å². The van der Waals surface area contributed by atoms with Crippen LogP contribution in [0.4, 0.5) is 11.4 Å². The molecule has 0 aliphatic heterocycles. The van der Waals surface area contributed by atoms with Crippen molar-refractivity contribution in [3.63, 3.8) is 0 Å². The van der Waals surface area contributed by atoms with Gasteiger partial charge in [0.05, 0.1) is 21.5 Å². The maximum Gasteiger partial charge on any atom is 0.293 e. The van der Waals surface area contributed by atoms with Crippen LogP contribution in [0.15, 0.2) is 24.5 Å². The summed E-state index contributed by atoms with van der Waals surface area (Å²) >= 11 is 11.6. The Morgan fingerprint density at radius 1 is 1.42 bits per heavy atom. The Bertz CT molecular complexity index is 627. The lowest BCUT2D eigenvalue weighted by Crippen LogP contribution is -2.07. The first-order valence-electron chi connectivity index (χ1n) is 5.32. The van der Waals surface area contributed by atoms with Crippen LogP contribution in [-0.4, -0.2) is 14.5 Å². The number of nitrogens with zero attached hydrogens (tertiary/aromatic N) is 3. The van der Waals surface area contributed by atoms with Gasteiger partial charge in [-0.1, -0.05) is 23.2 Å². The Morgan fingerprint density at radius 2 is 2.11 bits per heavy atom. The molecule has 19 heavy (non-hydrogen) atoms. The van der Waals surface area contributed by atoms with Crippen LogP contribution in [0.3, 0.4) is 0 Å². The van der Waals surface area contributed by atoms with Crippen molar-refractivity contribution < 1.29 is 4.92 Å². The number of aryl methyl sites for hydroxylation is 1. The van der Waals surface area contributed by atoms with Crippen molar-refractivity contribution in [3.05, 3.63) is 50.5 Å². The van der Waals surface area contributed by atoms with Crippen LogP contribution >= 0.6 is 23.2 Å². The van der Waals surface area contributed by atoms with E-state index in [1.54, 1.807) is 12.4 Å². The van der Waals surface area contributed by atoms with Gasteiger partial charge in [-0.25, -0.2) is 4.98 Å². The molecule has 8 heteroatoms. The fraction of sp³-hybridized carbons (Fsp3) is 0.182. The summed E-state index contributed by atoms with van der Waals surface area (Å²) in [5, 5.41) is 14.3. The molecule has 0 saturated heterocycles. The van der Waals surface area contributed by atoms with E-state index >= 15 is 0 Å². The molecule has 100 valence electrons. The predicted molar refractivity (Wildman–Crippen MR) is 73.7 cm³/mol. The van der Waals surface area contributed by atoms with Gasteiger partial charge in [-0.05, 0) is 6.07 Å². The van der Waals surface area contributed by atoms with E-state index in [1.165, 1.54) is 12.1 Å². The second kappa shape index (κ2) is 5.46. The van der Waals surface area contributed by atoms with E-state index in [2.05, 4.69) is 10.3 Å². The summed E-state index contributed by atoms with van der Waals surface area (Å²) in [6, 6.07) is 2.66. The minimum absolute atomic E-state index is 0.122. The van der Waals surface area contributed by atoms with Crippen LogP contribution in [0.5, 0.6) is 0 Å². The van der Waals surface area contributed by atoms with Crippen LogP contribution in [-0.2, 0) is 13.6 Å². The van der Waals surface area contributed by atoms with E-state index < -0.39 is 4.92 Å². The highest BCUT2D eigenvalue weighted by atomic mass is 35.5. The first-order chi connectivity index (χ1) is 8.99. The highest BCUT2D eigenvalue weighted by Gasteiger charge is 2.17. The lowest BCUT2D eigenvalue weighted by Gasteiger charge is -2.08. The molecule has 0 atom stereocenters. The Balaban J connectivity index is 2.26. The maximum atomic E-state index is 11.0. The average molecular weight is 301 g/mol. The first kappa shape index (κ1) is 13.6. The lowest BCUT2D eigenvalue weighted by molar-refractivity contribution is -0.383. The zero-order valence-corrected chi connectivity index (χ0v) is 11.4. The molecule has 2 aromatic rings. The summed E-state index contributed by atoms with van der Waals surface area (Å²) in [6.45, 7) is 0.350. The van der Waals surface area contributed by atoms with E-state index in [4.69, 9.17) is 23.2 Å². The second-order valence-corrected chi connectivity index (χ2v) is 4.66. The molecule has 1 aromatic heterocycles. The number of nitro benzene ring substituents is 1. The van der Waals surface area contributed by atoms with Crippen LogP contribution < -0.4 is 5.32 Å². The molecule has 0 aliphatic carbocycles. The van der Waals surface area contributed by atoms with E-state index in [-0.39, 0.29) is 15.7 Å². The third kappa shape index (κ3) is 2.97. The van der Waals surface area contributed by atoms with Crippen LogP contribution in [0.2, 0.25) is 10.0 Å². The van der Waals surface area contributed by atoms with Gasteiger partial charge in [0.25, 0.3) is 5.69 Å². The van der Waals surface area contributed by atoms with Crippen LogP contribution in [0.25, 0.3) is 0 Å². The average Bonchev–Trinajstić information content (AvgIpc) is 2.75. The van der Waals surface area contributed by atoms with E-state index in [9.17, 15) is 10.1 Å². The zero-order valence-electron chi connectivity index (χ0n) is 9.93.